The van der Waals surface area contributed by atoms with E-state index in [-0.39, 0.29) is 0 Å². The van der Waals surface area contributed by atoms with Crippen molar-refractivity contribution in [2.24, 2.45) is 5.41 Å². The molecule has 1 spiro atoms. The van der Waals surface area contributed by atoms with Crippen LogP contribution in [0.2, 0.25) is 0 Å². The molecule has 1 saturated heterocycles. The van der Waals surface area contributed by atoms with Gasteiger partial charge in [0.2, 0.25) is 0 Å². The average molecular weight is 252 g/mol. The zero-order valence-corrected chi connectivity index (χ0v) is 9.97. The summed E-state index contributed by atoms with van der Waals surface area (Å²) in [5.41, 5.74) is 3.54. The number of nitrogens with zero attached hydrogens (tertiary/aromatic N) is 1. The second kappa shape index (κ2) is 2.75. The van der Waals surface area contributed by atoms with Crippen molar-refractivity contribution in [2.45, 2.75) is 19.8 Å². The number of hydrogen-bond donors (Lipinski definition) is 0. The Morgan fingerprint density at radius 3 is 2.64 bits per heavy atom. The van der Waals surface area contributed by atoms with Crippen LogP contribution >= 0.6 is 15.9 Å². The van der Waals surface area contributed by atoms with Gasteiger partial charge in [-0.25, -0.2) is 0 Å². The van der Waals surface area contributed by atoms with E-state index in [0.717, 1.165) is 5.41 Å². The van der Waals surface area contributed by atoms with E-state index < -0.39 is 0 Å². The van der Waals surface area contributed by atoms with Crippen molar-refractivity contribution in [3.05, 3.63) is 28.2 Å². The molecule has 0 bridgehead atoms. The van der Waals surface area contributed by atoms with Crippen LogP contribution in [0.25, 0.3) is 0 Å². The highest BCUT2D eigenvalue weighted by molar-refractivity contribution is 9.10. The third-order valence-corrected chi connectivity index (χ3v) is 4.45. The Balaban J connectivity index is 1.86. The van der Waals surface area contributed by atoms with Crippen LogP contribution in [0.5, 0.6) is 0 Å². The summed E-state index contributed by atoms with van der Waals surface area (Å²) in [6, 6.07) is 6.48. The number of benzene rings is 1. The average Bonchev–Trinajstić information content (AvgIpc) is 2.87. The largest absolute Gasteiger partial charge is 0.370 e. The molecule has 1 aromatic rings. The van der Waals surface area contributed by atoms with Gasteiger partial charge < -0.3 is 4.90 Å². The Bertz CT molecular complexity index is 374. The van der Waals surface area contributed by atoms with Gasteiger partial charge >= 0.3 is 0 Å². The number of anilines is 1. The lowest BCUT2D eigenvalue weighted by Gasteiger charge is -2.42. The van der Waals surface area contributed by atoms with Crippen LogP contribution in [0.4, 0.5) is 5.69 Å². The first-order valence-corrected chi connectivity index (χ1v) is 6.00. The van der Waals surface area contributed by atoms with Gasteiger partial charge in [-0.2, -0.15) is 0 Å². The van der Waals surface area contributed by atoms with E-state index in [4.69, 9.17) is 0 Å². The minimum Gasteiger partial charge on any atom is -0.370 e. The standard InChI is InChI=1S/C12H14BrN/c1-9-10(13)3-2-4-11(9)14-7-12(8-14)5-6-12/h2-4H,5-8H2,1H3. The molecule has 1 nitrogen and oxygen atoms in total. The Kier molecular flexibility index (Phi) is 1.73. The molecule has 0 unspecified atom stereocenters. The monoisotopic (exact) mass is 251 g/mol. The van der Waals surface area contributed by atoms with E-state index in [1.165, 1.54) is 41.7 Å². The van der Waals surface area contributed by atoms with Crippen molar-refractivity contribution in [2.75, 3.05) is 18.0 Å². The molecule has 2 heteroatoms. The fraction of sp³-hybridized carbons (Fsp3) is 0.500. The molecule has 0 radical (unpaired) electrons. The fourth-order valence-corrected chi connectivity index (χ4v) is 2.72. The third-order valence-electron chi connectivity index (χ3n) is 3.59. The van der Waals surface area contributed by atoms with Crippen LogP contribution < -0.4 is 4.90 Å². The van der Waals surface area contributed by atoms with Gasteiger partial charge in [0.05, 0.1) is 0 Å². The van der Waals surface area contributed by atoms with Gasteiger partial charge in [-0.1, -0.05) is 22.0 Å². The van der Waals surface area contributed by atoms with Crippen molar-refractivity contribution in [3.63, 3.8) is 0 Å². The van der Waals surface area contributed by atoms with Gasteiger partial charge in [0.1, 0.15) is 0 Å². The Hall–Kier alpha value is -0.500. The minimum atomic E-state index is 0.745. The van der Waals surface area contributed by atoms with E-state index in [2.05, 4.69) is 46.0 Å². The predicted octanol–water partition coefficient (Wildman–Crippen LogP) is 3.36. The van der Waals surface area contributed by atoms with E-state index >= 15 is 0 Å². The maximum Gasteiger partial charge on any atom is 0.0407 e. The second-order valence-electron chi connectivity index (χ2n) is 4.74. The SMILES string of the molecule is Cc1c(Br)cccc1N1CC2(CC2)C1. The predicted molar refractivity (Wildman–Crippen MR) is 62.8 cm³/mol. The van der Waals surface area contributed by atoms with Gasteiger partial charge in [-0.15, -0.1) is 0 Å². The van der Waals surface area contributed by atoms with E-state index in [0.29, 0.717) is 0 Å². The van der Waals surface area contributed by atoms with Crippen molar-refractivity contribution in [1.29, 1.82) is 0 Å². The topological polar surface area (TPSA) is 3.24 Å². The molecule has 0 amide bonds. The summed E-state index contributed by atoms with van der Waals surface area (Å²) in [4.78, 5) is 2.51. The molecular weight excluding hydrogens is 238 g/mol. The summed E-state index contributed by atoms with van der Waals surface area (Å²) in [6.07, 6.45) is 2.91. The highest BCUT2D eigenvalue weighted by Gasteiger charge is 2.52. The lowest BCUT2D eigenvalue weighted by Crippen LogP contribution is -2.48. The van der Waals surface area contributed by atoms with Crippen LogP contribution in [0.3, 0.4) is 0 Å². The molecule has 0 atom stereocenters. The maximum absolute atomic E-state index is 3.59. The van der Waals surface area contributed by atoms with Crippen LogP contribution in [0.15, 0.2) is 22.7 Å². The Morgan fingerprint density at radius 2 is 2.00 bits per heavy atom. The summed E-state index contributed by atoms with van der Waals surface area (Å²) in [5, 5.41) is 0. The van der Waals surface area contributed by atoms with Gasteiger partial charge in [0.25, 0.3) is 0 Å². The van der Waals surface area contributed by atoms with Crippen molar-refractivity contribution < 1.29 is 0 Å². The number of halogens is 1. The zero-order valence-electron chi connectivity index (χ0n) is 8.39. The minimum absolute atomic E-state index is 0.745. The number of rotatable bonds is 1. The van der Waals surface area contributed by atoms with Crippen molar-refractivity contribution in [3.8, 4) is 0 Å². The van der Waals surface area contributed by atoms with Gasteiger partial charge in [0, 0.05) is 28.7 Å². The molecule has 14 heavy (non-hydrogen) atoms. The first-order chi connectivity index (χ1) is 6.70. The van der Waals surface area contributed by atoms with Gasteiger partial charge in [-0.3, -0.25) is 0 Å². The van der Waals surface area contributed by atoms with E-state index in [9.17, 15) is 0 Å². The van der Waals surface area contributed by atoms with Gasteiger partial charge in [0.15, 0.2) is 0 Å². The molecule has 0 aromatic heterocycles. The van der Waals surface area contributed by atoms with Gasteiger partial charge in [-0.05, 0) is 37.5 Å². The molecule has 74 valence electrons. The highest BCUT2D eigenvalue weighted by Crippen LogP contribution is 2.54. The molecule has 0 N–H and O–H groups in total. The molecule has 1 aliphatic heterocycles. The summed E-state index contributed by atoms with van der Waals surface area (Å²) in [5.74, 6) is 0. The molecular formula is C12H14BrN. The second-order valence-corrected chi connectivity index (χ2v) is 5.59. The Morgan fingerprint density at radius 1 is 1.29 bits per heavy atom. The molecule has 3 rings (SSSR count). The lowest BCUT2D eigenvalue weighted by atomic mass is 9.95. The zero-order chi connectivity index (χ0) is 9.76. The lowest BCUT2D eigenvalue weighted by molar-refractivity contribution is 0.387. The Labute approximate surface area is 93.2 Å². The summed E-state index contributed by atoms with van der Waals surface area (Å²) in [7, 11) is 0. The fourth-order valence-electron chi connectivity index (χ4n) is 2.37. The van der Waals surface area contributed by atoms with Crippen LogP contribution in [0, 0.1) is 12.3 Å². The van der Waals surface area contributed by atoms with Crippen LogP contribution in [-0.4, -0.2) is 13.1 Å². The van der Waals surface area contributed by atoms with Crippen LogP contribution in [-0.2, 0) is 0 Å². The summed E-state index contributed by atoms with van der Waals surface area (Å²) < 4.78 is 1.23. The summed E-state index contributed by atoms with van der Waals surface area (Å²) in [6.45, 7) is 4.76. The molecule has 2 aliphatic rings. The highest BCUT2D eigenvalue weighted by atomic mass is 79.9. The quantitative estimate of drug-likeness (QED) is 0.740. The normalized spacial score (nSPS) is 22.3. The molecule has 2 fully saturated rings. The maximum atomic E-state index is 3.59. The smallest absolute Gasteiger partial charge is 0.0407 e. The first kappa shape index (κ1) is 8.78. The third kappa shape index (κ3) is 1.20. The summed E-state index contributed by atoms with van der Waals surface area (Å²) >= 11 is 3.59. The molecule has 1 aliphatic carbocycles. The molecule has 1 saturated carbocycles. The van der Waals surface area contributed by atoms with Crippen molar-refractivity contribution >= 4 is 21.6 Å². The molecule has 1 aromatic carbocycles. The number of hydrogen-bond acceptors (Lipinski definition) is 1. The molecule has 1 heterocycles. The van der Waals surface area contributed by atoms with Crippen molar-refractivity contribution in [1.82, 2.24) is 0 Å². The van der Waals surface area contributed by atoms with E-state index in [1.54, 1.807) is 0 Å². The van der Waals surface area contributed by atoms with E-state index in [1.807, 2.05) is 0 Å². The first-order valence-electron chi connectivity index (χ1n) is 5.20. The van der Waals surface area contributed by atoms with Crippen LogP contribution in [0.1, 0.15) is 18.4 Å².